The zero-order valence-corrected chi connectivity index (χ0v) is 15.1. The van der Waals surface area contributed by atoms with Crippen LogP contribution in [0.25, 0.3) is 10.9 Å². The number of hydrogen-bond acceptors (Lipinski definition) is 5. The molecule has 0 saturated carbocycles. The summed E-state index contributed by atoms with van der Waals surface area (Å²) in [7, 11) is 0. The first-order chi connectivity index (χ1) is 13.2. The summed E-state index contributed by atoms with van der Waals surface area (Å²) < 4.78 is 0. The molecule has 3 aromatic rings. The highest BCUT2D eigenvalue weighted by Gasteiger charge is 2.30. The van der Waals surface area contributed by atoms with E-state index < -0.39 is 0 Å². The molecule has 27 heavy (non-hydrogen) atoms. The Hall–Kier alpha value is -2.99. The fourth-order valence-electron chi connectivity index (χ4n) is 3.49. The summed E-state index contributed by atoms with van der Waals surface area (Å²) in [6, 6.07) is 18.0. The van der Waals surface area contributed by atoms with E-state index in [4.69, 9.17) is 5.73 Å². The maximum Gasteiger partial charge on any atom is 0.225 e. The van der Waals surface area contributed by atoms with Crippen molar-refractivity contribution in [3.8, 4) is 0 Å². The van der Waals surface area contributed by atoms with Crippen LogP contribution in [0.3, 0.4) is 0 Å². The third-order valence-electron chi connectivity index (χ3n) is 4.79. The van der Waals surface area contributed by atoms with Crippen molar-refractivity contribution in [2.24, 2.45) is 5.73 Å². The van der Waals surface area contributed by atoms with Gasteiger partial charge in [0.05, 0.1) is 11.6 Å². The average molecular weight is 361 g/mol. The van der Waals surface area contributed by atoms with Crippen LogP contribution in [0, 0.1) is 0 Å². The van der Waals surface area contributed by atoms with Gasteiger partial charge in [-0.25, -0.2) is 9.97 Å². The molecule has 2 heterocycles. The van der Waals surface area contributed by atoms with Crippen molar-refractivity contribution in [1.82, 2.24) is 14.9 Å². The molecule has 1 atom stereocenters. The number of amides is 1. The third kappa shape index (κ3) is 3.90. The second-order valence-corrected chi connectivity index (χ2v) is 6.85. The van der Waals surface area contributed by atoms with Gasteiger partial charge in [0, 0.05) is 31.3 Å². The van der Waals surface area contributed by atoms with Crippen molar-refractivity contribution in [2.75, 3.05) is 18.4 Å². The van der Waals surface area contributed by atoms with Crippen molar-refractivity contribution in [3.63, 3.8) is 0 Å². The van der Waals surface area contributed by atoms with Gasteiger partial charge in [-0.05, 0) is 24.2 Å². The molecule has 1 amide bonds. The van der Waals surface area contributed by atoms with Gasteiger partial charge in [0.25, 0.3) is 0 Å². The Balaban J connectivity index is 1.53. The van der Waals surface area contributed by atoms with E-state index in [1.165, 1.54) is 0 Å². The van der Waals surface area contributed by atoms with Gasteiger partial charge in [-0.1, -0.05) is 42.5 Å². The van der Waals surface area contributed by atoms with Crippen molar-refractivity contribution in [2.45, 2.75) is 25.4 Å². The number of para-hydroxylation sites is 1. The Labute approximate surface area is 158 Å². The number of benzene rings is 2. The molecule has 1 saturated heterocycles. The van der Waals surface area contributed by atoms with E-state index in [1.54, 1.807) is 0 Å². The molecule has 0 aliphatic carbocycles. The summed E-state index contributed by atoms with van der Waals surface area (Å²) in [6.45, 7) is 1.81. The number of aromatic nitrogens is 2. The maximum atomic E-state index is 12.4. The molecular weight excluding hydrogens is 338 g/mol. The van der Waals surface area contributed by atoms with Gasteiger partial charge >= 0.3 is 0 Å². The average Bonchev–Trinajstić information content (AvgIpc) is 3.02. The first-order valence-electron chi connectivity index (χ1n) is 9.27. The summed E-state index contributed by atoms with van der Waals surface area (Å²) in [5, 5.41) is 4.44. The van der Waals surface area contributed by atoms with Crippen LogP contribution in [0.15, 0.2) is 54.6 Å². The molecule has 2 aromatic carbocycles. The number of likely N-dealkylation sites (tertiary alicyclic amines) is 1. The summed E-state index contributed by atoms with van der Waals surface area (Å²) in [4.78, 5) is 23.6. The third-order valence-corrected chi connectivity index (χ3v) is 4.79. The number of nitrogens with zero attached hydrogens (tertiary/aromatic N) is 3. The van der Waals surface area contributed by atoms with E-state index in [0.29, 0.717) is 32.5 Å². The second-order valence-electron chi connectivity index (χ2n) is 6.85. The molecule has 6 heteroatoms. The van der Waals surface area contributed by atoms with Crippen LogP contribution < -0.4 is 11.1 Å². The lowest BCUT2D eigenvalue weighted by Gasteiger charge is -2.18. The van der Waals surface area contributed by atoms with E-state index in [1.807, 2.05) is 59.5 Å². The highest BCUT2D eigenvalue weighted by Crippen LogP contribution is 2.24. The number of rotatable bonds is 6. The van der Waals surface area contributed by atoms with Gasteiger partial charge in [-0.2, -0.15) is 0 Å². The lowest BCUT2D eigenvalue weighted by molar-refractivity contribution is -0.128. The van der Waals surface area contributed by atoms with E-state index in [9.17, 15) is 4.79 Å². The minimum Gasteiger partial charge on any atom is -0.364 e. The lowest BCUT2D eigenvalue weighted by atomic mass is 10.2. The number of anilines is 1. The van der Waals surface area contributed by atoms with Crippen LogP contribution in [0.4, 0.5) is 5.82 Å². The topological polar surface area (TPSA) is 84.1 Å². The molecule has 1 aliphatic rings. The first kappa shape index (κ1) is 17.4. The summed E-state index contributed by atoms with van der Waals surface area (Å²) in [5.74, 6) is 1.67. The smallest absolute Gasteiger partial charge is 0.225 e. The maximum absolute atomic E-state index is 12.4. The minimum absolute atomic E-state index is 0.0326. The Bertz CT molecular complexity index is 944. The Morgan fingerprint density at radius 2 is 1.85 bits per heavy atom. The zero-order valence-electron chi connectivity index (χ0n) is 15.1. The fraction of sp³-hybridized carbons (Fsp3) is 0.286. The van der Waals surface area contributed by atoms with Crippen molar-refractivity contribution in [1.29, 1.82) is 0 Å². The van der Waals surface area contributed by atoms with Crippen LogP contribution in [-0.2, 0) is 17.8 Å². The van der Waals surface area contributed by atoms with Crippen molar-refractivity contribution < 1.29 is 4.79 Å². The highest BCUT2D eigenvalue weighted by atomic mass is 16.2. The number of fused-ring (bicyclic) bond motifs is 1. The largest absolute Gasteiger partial charge is 0.364 e. The number of hydrogen-bond donors (Lipinski definition) is 2. The summed E-state index contributed by atoms with van der Waals surface area (Å²) in [5.41, 5.74) is 7.71. The quantitative estimate of drug-likeness (QED) is 0.704. The molecule has 3 N–H and O–H groups in total. The minimum atomic E-state index is 0.0326. The standard InChI is InChI=1S/C21H23N5O/c22-11-10-19-24-18-9-5-4-8-17(18)21(25-19)23-16-12-20(27)26(14-16)13-15-6-2-1-3-7-15/h1-9,16H,10-14,22H2,(H,23,24,25). The number of nitrogens with two attached hydrogens (primary N) is 1. The van der Waals surface area contributed by atoms with Crippen LogP contribution in [0.5, 0.6) is 0 Å². The lowest BCUT2D eigenvalue weighted by Crippen LogP contribution is -2.28. The molecule has 1 aromatic heterocycles. The van der Waals surface area contributed by atoms with Crippen LogP contribution in [0.1, 0.15) is 17.8 Å². The van der Waals surface area contributed by atoms with Gasteiger partial charge < -0.3 is 16.0 Å². The molecule has 1 aliphatic heterocycles. The van der Waals surface area contributed by atoms with E-state index in [2.05, 4.69) is 15.3 Å². The van der Waals surface area contributed by atoms with Gasteiger partial charge in [-0.3, -0.25) is 4.79 Å². The normalized spacial score (nSPS) is 16.9. The van der Waals surface area contributed by atoms with Crippen LogP contribution in [-0.4, -0.2) is 39.9 Å². The number of nitrogens with one attached hydrogen (secondary N) is 1. The van der Waals surface area contributed by atoms with Crippen LogP contribution in [0.2, 0.25) is 0 Å². The molecule has 0 spiro atoms. The molecular formula is C21H23N5O. The SMILES string of the molecule is NCCc1nc(NC2CC(=O)N(Cc3ccccc3)C2)c2ccccc2n1. The molecule has 1 fully saturated rings. The zero-order chi connectivity index (χ0) is 18.6. The predicted molar refractivity (Wildman–Crippen MR) is 106 cm³/mol. The van der Waals surface area contributed by atoms with Crippen molar-refractivity contribution >= 4 is 22.6 Å². The fourth-order valence-corrected chi connectivity index (χ4v) is 3.49. The Morgan fingerprint density at radius 1 is 1.07 bits per heavy atom. The molecule has 0 bridgehead atoms. The molecule has 138 valence electrons. The number of carbonyl (C=O) groups is 1. The van der Waals surface area contributed by atoms with E-state index in [0.717, 1.165) is 28.1 Å². The monoisotopic (exact) mass is 361 g/mol. The summed E-state index contributed by atoms with van der Waals surface area (Å²) in [6.07, 6.45) is 1.10. The van der Waals surface area contributed by atoms with Gasteiger partial charge in [0.15, 0.2) is 0 Å². The van der Waals surface area contributed by atoms with E-state index >= 15 is 0 Å². The van der Waals surface area contributed by atoms with Gasteiger partial charge in [0.2, 0.25) is 5.91 Å². The number of carbonyl (C=O) groups excluding carboxylic acids is 1. The Morgan fingerprint density at radius 3 is 2.67 bits per heavy atom. The molecule has 0 radical (unpaired) electrons. The van der Waals surface area contributed by atoms with Crippen LogP contribution >= 0.6 is 0 Å². The molecule has 1 unspecified atom stereocenters. The Kier molecular flexibility index (Phi) is 4.98. The van der Waals surface area contributed by atoms with Gasteiger partial charge in [-0.15, -0.1) is 0 Å². The second kappa shape index (κ2) is 7.72. The molecule has 4 rings (SSSR count). The predicted octanol–water partition coefficient (Wildman–Crippen LogP) is 2.34. The first-order valence-corrected chi connectivity index (χ1v) is 9.27. The summed E-state index contributed by atoms with van der Waals surface area (Å²) >= 11 is 0. The highest BCUT2D eigenvalue weighted by molar-refractivity contribution is 5.89. The van der Waals surface area contributed by atoms with Gasteiger partial charge in [0.1, 0.15) is 11.6 Å². The molecule has 6 nitrogen and oxygen atoms in total. The van der Waals surface area contributed by atoms with E-state index in [-0.39, 0.29) is 11.9 Å². The van der Waals surface area contributed by atoms with Crippen molar-refractivity contribution in [3.05, 3.63) is 66.0 Å².